The highest BCUT2D eigenvalue weighted by atomic mass is 19.4. The molecule has 0 N–H and O–H groups in total. The largest absolute Gasteiger partial charge is 0.435 e. The molecule has 0 atom stereocenters. The molecule has 0 saturated heterocycles. The van der Waals surface area contributed by atoms with Gasteiger partial charge in [-0.2, -0.15) is 18.3 Å². The van der Waals surface area contributed by atoms with Gasteiger partial charge in [0.25, 0.3) is 5.92 Å². The summed E-state index contributed by atoms with van der Waals surface area (Å²) in [6.07, 6.45) is -4.61. The van der Waals surface area contributed by atoms with Crippen molar-refractivity contribution in [3.8, 4) is 0 Å². The zero-order valence-electron chi connectivity index (χ0n) is 9.65. The summed E-state index contributed by atoms with van der Waals surface area (Å²) in [7, 11) is 0. The van der Waals surface area contributed by atoms with Crippen LogP contribution in [0.4, 0.5) is 22.0 Å². The second kappa shape index (κ2) is 4.27. The molecule has 1 heterocycles. The third-order valence-electron chi connectivity index (χ3n) is 2.12. The van der Waals surface area contributed by atoms with Crippen LogP contribution in [0.2, 0.25) is 0 Å². The lowest BCUT2D eigenvalue weighted by atomic mass is 10.1. The number of hydrogen-bond acceptors (Lipinski definition) is 1. The first-order valence-electron chi connectivity index (χ1n) is 5.03. The molecule has 0 aliphatic heterocycles. The molecule has 98 valence electrons. The Morgan fingerprint density at radius 3 is 2.12 bits per heavy atom. The Kier molecular flexibility index (Phi) is 3.50. The monoisotopic (exact) mass is 256 g/mol. The summed E-state index contributed by atoms with van der Waals surface area (Å²) in [5.74, 6) is -3.40. The Morgan fingerprint density at radius 1 is 1.24 bits per heavy atom. The molecule has 0 aliphatic rings. The fourth-order valence-corrected chi connectivity index (χ4v) is 1.42. The van der Waals surface area contributed by atoms with Crippen LogP contribution in [0.5, 0.6) is 0 Å². The van der Waals surface area contributed by atoms with Gasteiger partial charge >= 0.3 is 6.18 Å². The first-order chi connectivity index (χ1) is 7.50. The van der Waals surface area contributed by atoms with Crippen LogP contribution in [0.15, 0.2) is 6.07 Å². The van der Waals surface area contributed by atoms with Gasteiger partial charge in [0.15, 0.2) is 5.69 Å². The van der Waals surface area contributed by atoms with Crippen molar-refractivity contribution in [2.45, 2.75) is 45.3 Å². The van der Waals surface area contributed by atoms with Gasteiger partial charge in [-0.25, -0.2) is 8.78 Å². The second-order valence-corrected chi connectivity index (χ2v) is 4.33. The van der Waals surface area contributed by atoms with Crippen LogP contribution in [0.3, 0.4) is 0 Å². The van der Waals surface area contributed by atoms with Gasteiger partial charge in [0.2, 0.25) is 0 Å². The highest BCUT2D eigenvalue weighted by Gasteiger charge is 2.36. The molecule has 0 aliphatic carbocycles. The highest BCUT2D eigenvalue weighted by Crippen LogP contribution is 2.31. The molecule has 0 fully saturated rings. The molecule has 2 nitrogen and oxygen atoms in total. The Labute approximate surface area is 95.4 Å². The predicted octanol–water partition coefficient (Wildman–Crippen LogP) is 3.68. The normalized spacial score (nSPS) is 13.5. The van der Waals surface area contributed by atoms with E-state index >= 15 is 0 Å². The molecule has 1 aromatic heterocycles. The first-order valence-corrected chi connectivity index (χ1v) is 5.03. The third kappa shape index (κ3) is 3.67. The van der Waals surface area contributed by atoms with Crippen LogP contribution in [0.25, 0.3) is 0 Å². The standard InChI is InChI=1S/C10H13F5N2/c1-6(2)7-4-8(10(13,14)15)16-17(7)5-9(3,11)12/h4,6H,5H2,1-3H3. The Hall–Kier alpha value is -1.14. The van der Waals surface area contributed by atoms with Crippen LogP contribution >= 0.6 is 0 Å². The van der Waals surface area contributed by atoms with Gasteiger partial charge in [-0.05, 0) is 12.0 Å². The average molecular weight is 256 g/mol. The van der Waals surface area contributed by atoms with Crippen molar-refractivity contribution in [2.24, 2.45) is 0 Å². The van der Waals surface area contributed by atoms with Gasteiger partial charge in [0.1, 0.15) is 6.54 Å². The Bertz CT molecular complexity index is 386. The molecule has 7 heteroatoms. The average Bonchev–Trinajstić information content (AvgIpc) is 2.43. The summed E-state index contributed by atoms with van der Waals surface area (Å²) in [4.78, 5) is 0. The van der Waals surface area contributed by atoms with Gasteiger partial charge in [-0.15, -0.1) is 0 Å². The molecular formula is C10H13F5N2. The van der Waals surface area contributed by atoms with E-state index in [2.05, 4.69) is 5.10 Å². The van der Waals surface area contributed by atoms with E-state index in [0.29, 0.717) is 6.92 Å². The molecule has 1 rings (SSSR count). The van der Waals surface area contributed by atoms with Gasteiger partial charge < -0.3 is 0 Å². The van der Waals surface area contributed by atoms with E-state index in [1.165, 1.54) is 0 Å². The Morgan fingerprint density at radius 2 is 1.76 bits per heavy atom. The van der Waals surface area contributed by atoms with Crippen LogP contribution < -0.4 is 0 Å². The first kappa shape index (κ1) is 13.9. The van der Waals surface area contributed by atoms with Crippen LogP contribution in [-0.2, 0) is 12.7 Å². The van der Waals surface area contributed by atoms with Crippen LogP contribution in [0.1, 0.15) is 38.1 Å². The van der Waals surface area contributed by atoms with E-state index in [0.717, 1.165) is 10.7 Å². The summed E-state index contributed by atoms with van der Waals surface area (Å²) in [6, 6.07) is 0.816. The van der Waals surface area contributed by atoms with Gasteiger partial charge in [0.05, 0.1) is 0 Å². The van der Waals surface area contributed by atoms with E-state index in [9.17, 15) is 22.0 Å². The fourth-order valence-electron chi connectivity index (χ4n) is 1.42. The maximum absolute atomic E-state index is 12.8. The Balaban J connectivity index is 3.15. The smallest absolute Gasteiger partial charge is 0.263 e. The SMILES string of the molecule is CC(C)c1cc(C(F)(F)F)nn1CC(C)(F)F. The lowest BCUT2D eigenvalue weighted by Gasteiger charge is -2.14. The van der Waals surface area contributed by atoms with Crippen molar-refractivity contribution < 1.29 is 22.0 Å². The number of alkyl halides is 5. The maximum atomic E-state index is 12.8. The second-order valence-electron chi connectivity index (χ2n) is 4.33. The topological polar surface area (TPSA) is 17.8 Å². The van der Waals surface area contributed by atoms with Crippen LogP contribution in [0, 0.1) is 0 Å². The van der Waals surface area contributed by atoms with E-state index < -0.39 is 24.3 Å². The molecule has 0 aromatic carbocycles. The molecule has 0 spiro atoms. The van der Waals surface area contributed by atoms with E-state index in [1.807, 2.05) is 0 Å². The number of rotatable bonds is 3. The van der Waals surface area contributed by atoms with Crippen molar-refractivity contribution in [2.75, 3.05) is 0 Å². The molecule has 0 saturated carbocycles. The zero-order valence-corrected chi connectivity index (χ0v) is 9.65. The zero-order chi connectivity index (χ0) is 13.4. The molecule has 17 heavy (non-hydrogen) atoms. The molecule has 0 radical (unpaired) electrons. The predicted molar refractivity (Wildman–Crippen MR) is 51.9 cm³/mol. The molecule has 0 unspecified atom stereocenters. The van der Waals surface area contributed by atoms with Crippen molar-refractivity contribution >= 4 is 0 Å². The minimum atomic E-state index is -4.61. The molecule has 1 aromatic rings. The van der Waals surface area contributed by atoms with Crippen molar-refractivity contribution in [1.29, 1.82) is 0 Å². The number of aromatic nitrogens is 2. The fraction of sp³-hybridized carbons (Fsp3) is 0.700. The molecule has 0 amide bonds. The molecule has 0 bridgehead atoms. The minimum Gasteiger partial charge on any atom is -0.263 e. The van der Waals surface area contributed by atoms with Gasteiger partial charge in [0, 0.05) is 12.6 Å². The summed E-state index contributed by atoms with van der Waals surface area (Å²) in [5, 5.41) is 3.20. The van der Waals surface area contributed by atoms with E-state index in [-0.39, 0.29) is 11.6 Å². The van der Waals surface area contributed by atoms with Crippen LogP contribution in [-0.4, -0.2) is 15.7 Å². The van der Waals surface area contributed by atoms with Crippen molar-refractivity contribution in [1.82, 2.24) is 9.78 Å². The van der Waals surface area contributed by atoms with Crippen molar-refractivity contribution in [3.05, 3.63) is 17.5 Å². The van der Waals surface area contributed by atoms with Crippen molar-refractivity contribution in [3.63, 3.8) is 0 Å². The number of nitrogens with zero attached hydrogens (tertiary/aromatic N) is 2. The quantitative estimate of drug-likeness (QED) is 0.754. The summed E-state index contributed by atoms with van der Waals surface area (Å²) >= 11 is 0. The van der Waals surface area contributed by atoms with E-state index in [1.54, 1.807) is 13.8 Å². The maximum Gasteiger partial charge on any atom is 0.435 e. The summed E-state index contributed by atoms with van der Waals surface area (Å²) < 4.78 is 63.6. The third-order valence-corrected chi connectivity index (χ3v) is 2.12. The summed E-state index contributed by atoms with van der Waals surface area (Å²) in [5.41, 5.74) is -0.982. The number of halogens is 5. The van der Waals surface area contributed by atoms with E-state index in [4.69, 9.17) is 0 Å². The highest BCUT2D eigenvalue weighted by molar-refractivity contribution is 5.16. The molecular weight excluding hydrogens is 243 g/mol. The lowest BCUT2D eigenvalue weighted by molar-refractivity contribution is -0.141. The minimum absolute atomic E-state index is 0.152. The van der Waals surface area contributed by atoms with Gasteiger partial charge in [-0.1, -0.05) is 13.8 Å². The van der Waals surface area contributed by atoms with Gasteiger partial charge in [-0.3, -0.25) is 4.68 Å². The summed E-state index contributed by atoms with van der Waals surface area (Å²) in [6.45, 7) is 3.05. The lowest BCUT2D eigenvalue weighted by Crippen LogP contribution is -2.22. The number of hydrogen-bond donors (Lipinski definition) is 0.